The molecule has 0 heterocycles. The zero-order chi connectivity index (χ0) is 12.4. The highest BCUT2D eigenvalue weighted by Gasteiger charge is 2.47. The second kappa shape index (κ2) is 4.19. The number of hydrogen-bond donors (Lipinski definition) is 2. The Kier molecular flexibility index (Phi) is 3.88. The van der Waals surface area contributed by atoms with Crippen LogP contribution >= 0.6 is 0 Å². The van der Waals surface area contributed by atoms with E-state index in [-0.39, 0.29) is 0 Å². The number of carboxylic acid groups (broad SMARTS) is 1. The molecule has 0 aliphatic carbocycles. The van der Waals surface area contributed by atoms with Crippen molar-refractivity contribution in [3.8, 4) is 0 Å². The van der Waals surface area contributed by atoms with E-state index in [1.54, 1.807) is 0 Å². The SMILES string of the molecule is C=C(CC(N)C(=O)O)S(=O)(=O)C(F)(F)F. The Labute approximate surface area is 83.3 Å². The van der Waals surface area contributed by atoms with Crippen molar-refractivity contribution in [2.45, 2.75) is 18.0 Å². The maximum Gasteiger partial charge on any atom is 0.501 e. The van der Waals surface area contributed by atoms with Crippen LogP contribution in [0, 0.1) is 0 Å². The van der Waals surface area contributed by atoms with Gasteiger partial charge in [0.05, 0.1) is 0 Å². The highest BCUT2D eigenvalue weighted by atomic mass is 32.2. The van der Waals surface area contributed by atoms with Gasteiger partial charge in [-0.25, -0.2) is 8.42 Å². The summed E-state index contributed by atoms with van der Waals surface area (Å²) in [6.07, 6.45) is -0.975. The predicted molar refractivity (Wildman–Crippen MR) is 44.3 cm³/mol. The predicted octanol–water partition coefficient (Wildman–Crippen LogP) is 0.237. The first kappa shape index (κ1) is 13.9. The fraction of sp³-hybridized carbons (Fsp3) is 0.500. The zero-order valence-corrected chi connectivity index (χ0v) is 8.10. The number of carboxylic acids is 1. The largest absolute Gasteiger partial charge is 0.501 e. The van der Waals surface area contributed by atoms with Crippen molar-refractivity contribution in [1.82, 2.24) is 0 Å². The van der Waals surface area contributed by atoms with Gasteiger partial charge in [-0.3, -0.25) is 4.79 Å². The van der Waals surface area contributed by atoms with E-state index >= 15 is 0 Å². The second-order valence-corrected chi connectivity index (χ2v) is 4.68. The Morgan fingerprint density at radius 2 is 1.87 bits per heavy atom. The van der Waals surface area contributed by atoms with Crippen LogP contribution in [0.4, 0.5) is 13.2 Å². The van der Waals surface area contributed by atoms with Gasteiger partial charge >= 0.3 is 11.5 Å². The molecule has 0 aromatic rings. The molecular formula is C6H8F3NO4S. The molecule has 15 heavy (non-hydrogen) atoms. The monoisotopic (exact) mass is 247 g/mol. The topological polar surface area (TPSA) is 97.5 Å². The van der Waals surface area contributed by atoms with Gasteiger partial charge in [0, 0.05) is 11.3 Å². The van der Waals surface area contributed by atoms with Gasteiger partial charge in [0.25, 0.3) is 9.84 Å². The molecule has 0 amide bonds. The molecule has 0 aliphatic rings. The van der Waals surface area contributed by atoms with Crippen LogP contribution in [0.5, 0.6) is 0 Å². The minimum atomic E-state index is -5.54. The zero-order valence-electron chi connectivity index (χ0n) is 7.28. The van der Waals surface area contributed by atoms with E-state index < -0.39 is 38.7 Å². The minimum absolute atomic E-state index is 0.975. The molecule has 0 saturated heterocycles. The fourth-order valence-corrected chi connectivity index (χ4v) is 1.33. The lowest BCUT2D eigenvalue weighted by atomic mass is 10.2. The van der Waals surface area contributed by atoms with E-state index in [1.807, 2.05) is 0 Å². The summed E-state index contributed by atoms with van der Waals surface area (Å²) >= 11 is 0. The molecule has 0 spiro atoms. The van der Waals surface area contributed by atoms with Gasteiger partial charge in [-0.15, -0.1) is 0 Å². The normalized spacial score (nSPS) is 14.7. The molecule has 3 N–H and O–H groups in total. The van der Waals surface area contributed by atoms with Crippen molar-refractivity contribution in [2.75, 3.05) is 0 Å². The average Bonchev–Trinajstić information content (AvgIpc) is 2.01. The summed E-state index contributed by atoms with van der Waals surface area (Å²) in [5.41, 5.74) is -0.619. The Hall–Kier alpha value is -1.09. The van der Waals surface area contributed by atoms with Gasteiger partial charge in [-0.05, 0) is 0 Å². The Morgan fingerprint density at radius 1 is 1.47 bits per heavy atom. The van der Waals surface area contributed by atoms with Gasteiger partial charge in [0.1, 0.15) is 6.04 Å². The smallest absolute Gasteiger partial charge is 0.480 e. The van der Waals surface area contributed by atoms with Crippen LogP contribution in [0.2, 0.25) is 0 Å². The quantitative estimate of drug-likeness (QED) is 0.741. The van der Waals surface area contributed by atoms with Gasteiger partial charge in [-0.2, -0.15) is 13.2 Å². The third kappa shape index (κ3) is 3.20. The standard InChI is InChI=1S/C6H8F3NO4S/c1-3(2-4(10)5(11)12)15(13,14)6(7,8)9/h4H,1-2,10H2,(H,11,12). The first-order valence-electron chi connectivity index (χ1n) is 3.47. The highest BCUT2D eigenvalue weighted by Crippen LogP contribution is 2.30. The number of hydrogen-bond acceptors (Lipinski definition) is 4. The Balaban J connectivity index is 4.84. The van der Waals surface area contributed by atoms with E-state index in [0.29, 0.717) is 0 Å². The molecule has 1 atom stereocenters. The number of carbonyl (C=O) groups is 1. The number of aliphatic carboxylic acids is 1. The molecule has 1 unspecified atom stereocenters. The molecule has 5 nitrogen and oxygen atoms in total. The molecule has 0 saturated carbocycles. The van der Waals surface area contributed by atoms with Crippen LogP contribution in [-0.2, 0) is 14.6 Å². The lowest BCUT2D eigenvalue weighted by Gasteiger charge is -2.12. The van der Waals surface area contributed by atoms with Gasteiger partial charge in [0.2, 0.25) is 0 Å². The molecule has 0 aromatic heterocycles. The van der Waals surface area contributed by atoms with Crippen molar-refractivity contribution in [2.24, 2.45) is 5.73 Å². The maximum atomic E-state index is 11.9. The summed E-state index contributed by atoms with van der Waals surface area (Å²) in [6, 6.07) is -1.73. The summed E-state index contributed by atoms with van der Waals surface area (Å²) in [5, 5.41) is 8.26. The molecule has 88 valence electrons. The van der Waals surface area contributed by atoms with Gasteiger partial charge in [0.15, 0.2) is 0 Å². The summed E-state index contributed by atoms with van der Waals surface area (Å²) in [7, 11) is -5.54. The van der Waals surface area contributed by atoms with Gasteiger partial charge in [-0.1, -0.05) is 6.58 Å². The van der Waals surface area contributed by atoms with Crippen molar-refractivity contribution < 1.29 is 31.5 Å². The summed E-state index contributed by atoms with van der Waals surface area (Å²) in [4.78, 5) is 8.91. The molecule has 0 radical (unpaired) electrons. The number of sulfone groups is 1. The first-order chi connectivity index (χ1) is 6.50. The number of alkyl halides is 3. The van der Waals surface area contributed by atoms with E-state index in [1.165, 1.54) is 0 Å². The third-order valence-corrected chi connectivity index (χ3v) is 2.99. The van der Waals surface area contributed by atoms with Crippen LogP contribution in [0.1, 0.15) is 6.42 Å². The average molecular weight is 247 g/mol. The fourth-order valence-electron chi connectivity index (χ4n) is 0.606. The molecule has 0 fully saturated rings. The van der Waals surface area contributed by atoms with Crippen LogP contribution < -0.4 is 5.73 Å². The maximum absolute atomic E-state index is 11.9. The second-order valence-electron chi connectivity index (χ2n) is 2.64. The minimum Gasteiger partial charge on any atom is -0.480 e. The molecule has 0 rings (SSSR count). The summed E-state index contributed by atoms with van der Waals surface area (Å²) in [5.74, 6) is -1.60. The lowest BCUT2D eigenvalue weighted by molar-refractivity contribution is -0.138. The molecule has 0 bridgehead atoms. The highest BCUT2D eigenvalue weighted by molar-refractivity contribution is 7.96. The van der Waals surface area contributed by atoms with Crippen molar-refractivity contribution in [1.29, 1.82) is 0 Å². The van der Waals surface area contributed by atoms with Crippen LogP contribution in [0.3, 0.4) is 0 Å². The number of nitrogens with two attached hydrogens (primary N) is 1. The summed E-state index contributed by atoms with van der Waals surface area (Å²) in [6.45, 7) is 2.66. The van der Waals surface area contributed by atoms with E-state index in [0.717, 1.165) is 0 Å². The lowest BCUT2D eigenvalue weighted by Crippen LogP contribution is -2.33. The van der Waals surface area contributed by atoms with Crippen molar-refractivity contribution >= 4 is 15.8 Å². The Bertz CT molecular complexity index is 372. The van der Waals surface area contributed by atoms with Crippen molar-refractivity contribution in [3.63, 3.8) is 0 Å². The van der Waals surface area contributed by atoms with Crippen molar-refractivity contribution in [3.05, 3.63) is 11.5 Å². The number of halogens is 3. The first-order valence-corrected chi connectivity index (χ1v) is 4.96. The van der Waals surface area contributed by atoms with E-state index in [2.05, 4.69) is 6.58 Å². The third-order valence-electron chi connectivity index (χ3n) is 1.45. The molecule has 9 heteroatoms. The van der Waals surface area contributed by atoms with Crippen LogP contribution in [0.25, 0.3) is 0 Å². The van der Waals surface area contributed by atoms with Crippen LogP contribution in [-0.4, -0.2) is 31.0 Å². The molecule has 0 aliphatic heterocycles. The van der Waals surface area contributed by atoms with Gasteiger partial charge < -0.3 is 10.8 Å². The van der Waals surface area contributed by atoms with E-state index in [9.17, 15) is 26.4 Å². The molecular weight excluding hydrogens is 239 g/mol. The molecule has 0 aromatic carbocycles. The Morgan fingerprint density at radius 3 is 2.13 bits per heavy atom. The van der Waals surface area contributed by atoms with Crippen LogP contribution in [0.15, 0.2) is 11.5 Å². The summed E-state index contributed by atoms with van der Waals surface area (Å²) < 4.78 is 57.0. The number of rotatable bonds is 4. The van der Waals surface area contributed by atoms with E-state index in [4.69, 9.17) is 10.8 Å².